The van der Waals surface area contributed by atoms with Crippen molar-refractivity contribution in [2.45, 2.75) is 19.1 Å². The van der Waals surface area contributed by atoms with Crippen LogP contribution in [0, 0.1) is 5.82 Å². The molecule has 1 rings (SSSR count). The first kappa shape index (κ1) is 13.8. The van der Waals surface area contributed by atoms with E-state index in [9.17, 15) is 9.18 Å². The summed E-state index contributed by atoms with van der Waals surface area (Å²) in [6, 6.07) is 4.80. The Labute approximate surface area is 105 Å². The first-order chi connectivity index (χ1) is 8.13. The van der Waals surface area contributed by atoms with Gasteiger partial charge < -0.3 is 5.11 Å². The lowest BCUT2D eigenvalue weighted by Crippen LogP contribution is -1.90. The van der Waals surface area contributed by atoms with Crippen molar-refractivity contribution in [2.24, 2.45) is 0 Å². The van der Waals surface area contributed by atoms with Gasteiger partial charge in [-0.25, -0.2) is 9.18 Å². The quantitative estimate of drug-likeness (QED) is 0.623. The molecule has 1 N–H and O–H groups in total. The maximum Gasteiger partial charge on any atom is 0.328 e. The van der Waals surface area contributed by atoms with Crippen LogP contribution in [0.25, 0.3) is 6.08 Å². The summed E-state index contributed by atoms with van der Waals surface area (Å²) in [4.78, 5) is 10.3. The minimum atomic E-state index is -1.03. The summed E-state index contributed by atoms with van der Waals surface area (Å²) in [5, 5.41) is 8.46. The number of hydrogen-bond acceptors (Lipinski definition) is 2. The lowest BCUT2D eigenvalue weighted by atomic mass is 10.1. The monoisotopic (exact) mass is 254 g/mol. The maximum atomic E-state index is 13.6. The molecule has 0 unspecified atom stereocenters. The van der Waals surface area contributed by atoms with E-state index in [1.165, 1.54) is 12.1 Å². The zero-order valence-corrected chi connectivity index (χ0v) is 10.5. The average molecular weight is 254 g/mol. The van der Waals surface area contributed by atoms with E-state index >= 15 is 0 Å². The molecule has 0 atom stereocenters. The van der Waals surface area contributed by atoms with Gasteiger partial charge in [-0.15, -0.1) is 0 Å². The fraction of sp³-hybridized carbons (Fsp3) is 0.308. The summed E-state index contributed by atoms with van der Waals surface area (Å²) in [7, 11) is 0. The van der Waals surface area contributed by atoms with Crippen LogP contribution in [0.4, 0.5) is 4.39 Å². The number of thioether (sulfide) groups is 1. The Balaban J connectivity index is 2.69. The third kappa shape index (κ3) is 5.04. The summed E-state index contributed by atoms with van der Waals surface area (Å²) in [6.07, 6.45) is 3.46. The molecule has 0 heterocycles. The molecule has 1 aromatic rings. The summed E-state index contributed by atoms with van der Waals surface area (Å²) in [6.45, 7) is 2.09. The van der Waals surface area contributed by atoms with Gasteiger partial charge in [-0.2, -0.15) is 11.8 Å². The number of carboxylic acids is 1. The molecule has 17 heavy (non-hydrogen) atoms. The number of carbonyl (C=O) groups is 1. The van der Waals surface area contributed by atoms with Crippen molar-refractivity contribution in [1.29, 1.82) is 0 Å². The Kier molecular flexibility index (Phi) is 5.77. The summed E-state index contributed by atoms with van der Waals surface area (Å²) in [5.74, 6) is 0.358. The first-order valence-electron chi connectivity index (χ1n) is 5.40. The molecule has 0 aliphatic rings. The van der Waals surface area contributed by atoms with Crippen LogP contribution in [0.3, 0.4) is 0 Å². The minimum absolute atomic E-state index is 0.277. The van der Waals surface area contributed by atoms with Crippen LogP contribution in [0.1, 0.15) is 24.5 Å². The highest BCUT2D eigenvalue weighted by molar-refractivity contribution is 7.98. The van der Waals surface area contributed by atoms with E-state index < -0.39 is 5.97 Å². The minimum Gasteiger partial charge on any atom is -0.478 e. The van der Waals surface area contributed by atoms with Crippen LogP contribution in [0.5, 0.6) is 0 Å². The topological polar surface area (TPSA) is 37.3 Å². The average Bonchev–Trinajstić information content (AvgIpc) is 2.29. The van der Waals surface area contributed by atoms with Crippen molar-refractivity contribution in [3.8, 4) is 0 Å². The van der Waals surface area contributed by atoms with Gasteiger partial charge in [0.25, 0.3) is 0 Å². The van der Waals surface area contributed by atoms with Crippen molar-refractivity contribution in [3.05, 3.63) is 41.2 Å². The van der Waals surface area contributed by atoms with E-state index in [4.69, 9.17) is 5.11 Å². The molecule has 0 aromatic heterocycles. The Morgan fingerprint density at radius 2 is 2.29 bits per heavy atom. The zero-order valence-electron chi connectivity index (χ0n) is 9.65. The van der Waals surface area contributed by atoms with Gasteiger partial charge in [-0.3, -0.25) is 0 Å². The van der Waals surface area contributed by atoms with Crippen molar-refractivity contribution in [3.63, 3.8) is 0 Å². The van der Waals surface area contributed by atoms with E-state index in [2.05, 4.69) is 6.92 Å². The lowest BCUT2D eigenvalue weighted by Gasteiger charge is -2.03. The predicted molar refractivity (Wildman–Crippen MR) is 69.5 cm³/mol. The summed E-state index contributed by atoms with van der Waals surface area (Å²) >= 11 is 1.69. The van der Waals surface area contributed by atoms with Crippen molar-refractivity contribution < 1.29 is 14.3 Å². The maximum absolute atomic E-state index is 13.6. The molecule has 0 aliphatic heterocycles. The number of hydrogen-bond donors (Lipinski definition) is 1. The standard InChI is InChI=1S/C13H15FO2S/c1-2-7-17-9-11-5-3-10(8-12(11)14)4-6-13(15)16/h3-6,8H,2,7,9H2,1H3,(H,15,16). The number of carboxylic acid groups (broad SMARTS) is 1. The molecule has 0 bridgehead atoms. The number of benzene rings is 1. The summed E-state index contributed by atoms with van der Waals surface area (Å²) < 4.78 is 13.6. The van der Waals surface area contributed by atoms with Crippen LogP contribution in [0.15, 0.2) is 24.3 Å². The molecule has 4 heteroatoms. The molecule has 2 nitrogen and oxygen atoms in total. The van der Waals surface area contributed by atoms with Crippen LogP contribution in [0.2, 0.25) is 0 Å². The first-order valence-corrected chi connectivity index (χ1v) is 6.56. The highest BCUT2D eigenvalue weighted by Crippen LogP contribution is 2.18. The molecular formula is C13H15FO2S. The van der Waals surface area contributed by atoms with Crippen molar-refractivity contribution in [2.75, 3.05) is 5.75 Å². The molecule has 0 amide bonds. The second-order valence-corrected chi connectivity index (χ2v) is 4.68. The zero-order chi connectivity index (χ0) is 12.7. The highest BCUT2D eigenvalue weighted by atomic mass is 32.2. The molecule has 0 aliphatic carbocycles. The lowest BCUT2D eigenvalue weighted by molar-refractivity contribution is -0.131. The molecule has 0 spiro atoms. The smallest absolute Gasteiger partial charge is 0.328 e. The van der Waals surface area contributed by atoms with E-state index in [0.29, 0.717) is 16.9 Å². The Morgan fingerprint density at radius 1 is 1.53 bits per heavy atom. The van der Waals surface area contributed by atoms with Gasteiger partial charge in [-0.1, -0.05) is 19.1 Å². The number of aliphatic carboxylic acids is 1. The summed E-state index contributed by atoms with van der Waals surface area (Å²) in [5.41, 5.74) is 1.23. The van der Waals surface area contributed by atoms with E-state index in [0.717, 1.165) is 18.2 Å². The Morgan fingerprint density at radius 3 is 2.88 bits per heavy atom. The van der Waals surface area contributed by atoms with Gasteiger partial charge >= 0.3 is 5.97 Å². The molecule has 0 radical (unpaired) electrons. The van der Waals surface area contributed by atoms with Gasteiger partial charge in [0.05, 0.1) is 0 Å². The predicted octanol–water partition coefficient (Wildman–Crippen LogP) is 3.57. The SMILES string of the molecule is CCCSCc1ccc(C=CC(=O)O)cc1F. The van der Waals surface area contributed by atoms with Crippen LogP contribution < -0.4 is 0 Å². The molecular weight excluding hydrogens is 239 g/mol. The van der Waals surface area contributed by atoms with E-state index in [1.807, 2.05) is 0 Å². The third-order valence-corrected chi connectivity index (χ3v) is 3.31. The third-order valence-electron chi connectivity index (χ3n) is 2.10. The van der Waals surface area contributed by atoms with Crippen LogP contribution in [-0.4, -0.2) is 16.8 Å². The fourth-order valence-electron chi connectivity index (χ4n) is 1.28. The van der Waals surface area contributed by atoms with Crippen LogP contribution in [-0.2, 0) is 10.5 Å². The molecule has 1 aromatic carbocycles. The normalized spacial score (nSPS) is 10.9. The molecule has 92 valence electrons. The number of rotatable bonds is 6. The largest absolute Gasteiger partial charge is 0.478 e. The second-order valence-electron chi connectivity index (χ2n) is 3.58. The highest BCUT2D eigenvalue weighted by Gasteiger charge is 2.02. The number of halogens is 1. The second kappa shape index (κ2) is 7.12. The Bertz CT molecular complexity index is 416. The fourth-order valence-corrected chi connectivity index (χ4v) is 2.17. The van der Waals surface area contributed by atoms with Gasteiger partial charge in [0.15, 0.2) is 0 Å². The Hall–Kier alpha value is -1.29. The molecule has 0 fully saturated rings. The van der Waals surface area contributed by atoms with Crippen LogP contribution >= 0.6 is 11.8 Å². The van der Waals surface area contributed by atoms with Crippen molar-refractivity contribution >= 4 is 23.8 Å². The van der Waals surface area contributed by atoms with E-state index in [-0.39, 0.29) is 5.82 Å². The molecule has 0 saturated heterocycles. The van der Waals surface area contributed by atoms with Gasteiger partial charge in [0.2, 0.25) is 0 Å². The van der Waals surface area contributed by atoms with E-state index in [1.54, 1.807) is 23.9 Å². The molecule has 0 saturated carbocycles. The van der Waals surface area contributed by atoms with Gasteiger partial charge in [-0.05, 0) is 35.4 Å². The van der Waals surface area contributed by atoms with Gasteiger partial charge in [0, 0.05) is 11.8 Å². The van der Waals surface area contributed by atoms with Gasteiger partial charge in [0.1, 0.15) is 5.82 Å². The van der Waals surface area contributed by atoms with Crippen molar-refractivity contribution in [1.82, 2.24) is 0 Å².